The summed E-state index contributed by atoms with van der Waals surface area (Å²) in [6.45, 7) is 3.21. The largest absolute Gasteiger partial charge is 0.508 e. The average Bonchev–Trinajstić information content (AvgIpc) is 2.56. The first-order valence-corrected chi connectivity index (χ1v) is 7.78. The van der Waals surface area contributed by atoms with Crippen molar-refractivity contribution in [2.75, 3.05) is 6.61 Å². The minimum Gasteiger partial charge on any atom is -0.508 e. The Morgan fingerprint density at radius 3 is 2.46 bits per heavy atom. The van der Waals surface area contributed by atoms with Gasteiger partial charge in [-0.3, -0.25) is 4.79 Å². The first-order chi connectivity index (χ1) is 11.3. The zero-order chi connectivity index (χ0) is 17.7. The molecule has 24 heavy (non-hydrogen) atoms. The number of aromatic hydroxyl groups is 1. The van der Waals surface area contributed by atoms with Crippen molar-refractivity contribution >= 4 is 5.91 Å². The third-order valence-electron chi connectivity index (χ3n) is 4.09. The van der Waals surface area contributed by atoms with Crippen LogP contribution < -0.4 is 5.32 Å². The molecule has 1 amide bonds. The maximum atomic E-state index is 13.4. The van der Waals surface area contributed by atoms with Crippen LogP contribution in [0.1, 0.15) is 25.0 Å². The van der Waals surface area contributed by atoms with Crippen LogP contribution in [0.2, 0.25) is 0 Å². The fourth-order valence-corrected chi connectivity index (χ4v) is 2.45. The summed E-state index contributed by atoms with van der Waals surface area (Å²) in [7, 11) is 0. The van der Waals surface area contributed by atoms with Crippen LogP contribution in [0.5, 0.6) is 5.75 Å². The average molecular weight is 331 g/mol. The lowest BCUT2D eigenvalue weighted by Gasteiger charge is -2.27. The Morgan fingerprint density at radius 2 is 1.88 bits per heavy atom. The van der Waals surface area contributed by atoms with Crippen molar-refractivity contribution in [3.8, 4) is 5.75 Å². The summed E-state index contributed by atoms with van der Waals surface area (Å²) >= 11 is 0. The van der Waals surface area contributed by atoms with Gasteiger partial charge < -0.3 is 15.5 Å². The Hall–Kier alpha value is -2.40. The molecule has 0 aliphatic rings. The van der Waals surface area contributed by atoms with E-state index < -0.39 is 17.3 Å². The molecule has 2 aromatic rings. The molecule has 1 atom stereocenters. The minimum atomic E-state index is -0.926. The SMILES string of the molecule is CC(C)(C(=O)N[C@H](CO)Cc1ccc(O)cc1)c1cccc(F)c1. The summed E-state index contributed by atoms with van der Waals surface area (Å²) in [5, 5.41) is 21.7. The van der Waals surface area contributed by atoms with Crippen molar-refractivity contribution in [2.45, 2.75) is 31.7 Å². The fraction of sp³-hybridized carbons (Fsp3) is 0.316. The molecule has 0 aliphatic carbocycles. The van der Waals surface area contributed by atoms with Gasteiger partial charge in [0.2, 0.25) is 5.91 Å². The number of benzene rings is 2. The van der Waals surface area contributed by atoms with Crippen LogP contribution >= 0.6 is 0 Å². The summed E-state index contributed by atoms with van der Waals surface area (Å²) in [5.41, 5.74) is 0.529. The molecule has 0 heterocycles. The zero-order valence-electron chi connectivity index (χ0n) is 13.8. The van der Waals surface area contributed by atoms with E-state index in [1.54, 1.807) is 50.2 Å². The summed E-state index contributed by atoms with van der Waals surface area (Å²) < 4.78 is 13.4. The normalized spacial score (nSPS) is 12.7. The van der Waals surface area contributed by atoms with Crippen molar-refractivity contribution in [1.82, 2.24) is 5.32 Å². The van der Waals surface area contributed by atoms with Crippen LogP contribution in [0.15, 0.2) is 48.5 Å². The molecule has 5 heteroatoms. The molecule has 3 N–H and O–H groups in total. The van der Waals surface area contributed by atoms with Gasteiger partial charge in [0, 0.05) is 0 Å². The van der Waals surface area contributed by atoms with E-state index in [0.29, 0.717) is 12.0 Å². The van der Waals surface area contributed by atoms with E-state index in [1.165, 1.54) is 12.1 Å². The van der Waals surface area contributed by atoms with Crippen molar-refractivity contribution < 1.29 is 19.4 Å². The van der Waals surface area contributed by atoms with Gasteiger partial charge in [0.1, 0.15) is 11.6 Å². The number of hydrogen-bond donors (Lipinski definition) is 3. The fourth-order valence-electron chi connectivity index (χ4n) is 2.45. The quantitative estimate of drug-likeness (QED) is 0.762. The van der Waals surface area contributed by atoms with Gasteiger partial charge in [-0.25, -0.2) is 4.39 Å². The molecule has 0 radical (unpaired) electrons. The second-order valence-corrected chi connectivity index (χ2v) is 6.36. The third kappa shape index (κ3) is 4.32. The monoisotopic (exact) mass is 331 g/mol. The molecule has 0 aromatic heterocycles. The Balaban J connectivity index is 2.09. The van der Waals surface area contributed by atoms with Gasteiger partial charge in [-0.1, -0.05) is 24.3 Å². The molecule has 0 unspecified atom stereocenters. The van der Waals surface area contributed by atoms with E-state index in [-0.39, 0.29) is 18.3 Å². The number of hydrogen-bond acceptors (Lipinski definition) is 3. The van der Waals surface area contributed by atoms with E-state index in [1.807, 2.05) is 0 Å². The highest BCUT2D eigenvalue weighted by Crippen LogP contribution is 2.24. The van der Waals surface area contributed by atoms with E-state index in [9.17, 15) is 19.4 Å². The van der Waals surface area contributed by atoms with Crippen molar-refractivity contribution in [1.29, 1.82) is 0 Å². The van der Waals surface area contributed by atoms with E-state index >= 15 is 0 Å². The molecule has 128 valence electrons. The van der Waals surface area contributed by atoms with Crippen molar-refractivity contribution in [2.24, 2.45) is 0 Å². The number of carbonyl (C=O) groups excluding carboxylic acids is 1. The van der Waals surface area contributed by atoms with Crippen LogP contribution in [0.3, 0.4) is 0 Å². The van der Waals surface area contributed by atoms with E-state index in [2.05, 4.69) is 5.32 Å². The maximum absolute atomic E-state index is 13.4. The van der Waals surface area contributed by atoms with Crippen molar-refractivity contribution in [3.05, 3.63) is 65.5 Å². The number of aliphatic hydroxyl groups is 1. The zero-order valence-corrected chi connectivity index (χ0v) is 13.8. The summed E-state index contributed by atoms with van der Waals surface area (Å²) in [4.78, 5) is 12.6. The Labute approximate surface area is 141 Å². The Kier molecular flexibility index (Phi) is 5.57. The van der Waals surface area contributed by atoms with Gasteiger partial charge in [0.25, 0.3) is 0 Å². The van der Waals surface area contributed by atoms with Crippen LogP contribution in [-0.2, 0) is 16.6 Å². The predicted octanol–water partition coefficient (Wildman–Crippen LogP) is 2.53. The lowest BCUT2D eigenvalue weighted by molar-refractivity contribution is -0.126. The second-order valence-electron chi connectivity index (χ2n) is 6.36. The van der Waals surface area contributed by atoms with Crippen LogP contribution in [-0.4, -0.2) is 28.8 Å². The third-order valence-corrected chi connectivity index (χ3v) is 4.09. The highest BCUT2D eigenvalue weighted by molar-refractivity contribution is 5.87. The molecule has 4 nitrogen and oxygen atoms in total. The summed E-state index contributed by atoms with van der Waals surface area (Å²) in [5.74, 6) is -0.516. The van der Waals surface area contributed by atoms with Gasteiger partial charge in [0.05, 0.1) is 18.1 Å². The van der Waals surface area contributed by atoms with Crippen molar-refractivity contribution in [3.63, 3.8) is 0 Å². The maximum Gasteiger partial charge on any atom is 0.230 e. The molecular formula is C19H22FNO3. The number of carbonyl (C=O) groups is 1. The first kappa shape index (κ1) is 17.9. The Bertz CT molecular complexity index is 698. The molecule has 2 rings (SSSR count). The highest BCUT2D eigenvalue weighted by Gasteiger charge is 2.31. The summed E-state index contributed by atoms with van der Waals surface area (Å²) in [6.07, 6.45) is 0.432. The van der Waals surface area contributed by atoms with Crippen LogP contribution in [0.4, 0.5) is 4.39 Å². The number of amides is 1. The highest BCUT2D eigenvalue weighted by atomic mass is 19.1. The van der Waals surface area contributed by atoms with Gasteiger partial charge in [-0.15, -0.1) is 0 Å². The van der Waals surface area contributed by atoms with Gasteiger partial charge in [0.15, 0.2) is 0 Å². The topological polar surface area (TPSA) is 69.6 Å². The Morgan fingerprint density at radius 1 is 1.21 bits per heavy atom. The van der Waals surface area contributed by atoms with E-state index in [4.69, 9.17) is 0 Å². The number of halogens is 1. The standard InChI is InChI=1S/C19H22FNO3/c1-19(2,14-4-3-5-15(20)11-14)18(24)21-16(12-22)10-13-6-8-17(23)9-7-13/h3-9,11,16,22-23H,10,12H2,1-2H3,(H,21,24)/t16-/m0/s1. The lowest BCUT2D eigenvalue weighted by atomic mass is 9.83. The van der Waals surface area contributed by atoms with Gasteiger partial charge in [-0.2, -0.15) is 0 Å². The number of aliphatic hydroxyl groups excluding tert-OH is 1. The number of rotatable bonds is 6. The predicted molar refractivity (Wildman–Crippen MR) is 90.3 cm³/mol. The lowest BCUT2D eigenvalue weighted by Crippen LogP contribution is -2.47. The number of phenolic OH excluding ortho intramolecular Hbond substituents is 1. The smallest absolute Gasteiger partial charge is 0.230 e. The molecule has 0 spiro atoms. The summed E-state index contributed by atoms with van der Waals surface area (Å²) in [6, 6.07) is 12.1. The van der Waals surface area contributed by atoms with E-state index in [0.717, 1.165) is 5.56 Å². The first-order valence-electron chi connectivity index (χ1n) is 7.78. The van der Waals surface area contributed by atoms with Crippen LogP contribution in [0.25, 0.3) is 0 Å². The van der Waals surface area contributed by atoms with Crippen LogP contribution in [0, 0.1) is 5.82 Å². The van der Waals surface area contributed by atoms with Gasteiger partial charge >= 0.3 is 0 Å². The molecule has 0 aliphatic heterocycles. The second kappa shape index (κ2) is 7.45. The minimum absolute atomic E-state index is 0.163. The molecule has 2 aromatic carbocycles. The number of nitrogens with one attached hydrogen (secondary N) is 1. The molecule has 0 fully saturated rings. The molecule has 0 saturated carbocycles. The molecular weight excluding hydrogens is 309 g/mol. The van der Waals surface area contributed by atoms with Gasteiger partial charge in [-0.05, 0) is 55.7 Å². The molecule has 0 bridgehead atoms. The number of phenols is 1. The molecule has 0 saturated heterocycles.